The second-order valence-corrected chi connectivity index (χ2v) is 7.80. The molecule has 1 aromatic heterocycles. The molecule has 0 saturated heterocycles. The molecule has 3 aromatic rings. The smallest absolute Gasteiger partial charge is 0.233 e. The fourth-order valence-electron chi connectivity index (χ4n) is 3.50. The van der Waals surface area contributed by atoms with Crippen LogP contribution in [-0.2, 0) is 17.8 Å². The number of ether oxygens (including phenoxy) is 1. The van der Waals surface area contributed by atoms with Crippen molar-refractivity contribution in [2.24, 2.45) is 0 Å². The first-order chi connectivity index (χ1) is 13.7. The van der Waals surface area contributed by atoms with Crippen LogP contribution in [0.2, 0.25) is 0 Å². The molecule has 1 aliphatic rings. The normalized spacial score (nSPS) is 13.3. The molecule has 0 spiro atoms. The van der Waals surface area contributed by atoms with Gasteiger partial charge in [-0.05, 0) is 48.2 Å². The summed E-state index contributed by atoms with van der Waals surface area (Å²) >= 11 is 1.48. The lowest BCUT2D eigenvalue weighted by atomic mass is 9.99. The molecule has 6 heteroatoms. The predicted octanol–water partition coefficient (Wildman–Crippen LogP) is 3.87. The second kappa shape index (κ2) is 8.10. The van der Waals surface area contributed by atoms with Crippen LogP contribution in [0.4, 0.5) is 0 Å². The van der Waals surface area contributed by atoms with Gasteiger partial charge in [-0.2, -0.15) is 0 Å². The summed E-state index contributed by atoms with van der Waals surface area (Å²) in [5, 5.41) is 0.835. The first-order valence-corrected chi connectivity index (χ1v) is 10.3. The van der Waals surface area contributed by atoms with Gasteiger partial charge in [0.25, 0.3) is 0 Å². The standard InChI is InChI=1S/C22H23N3O2S/c1-16-5-3-4-6-20(16)25-12-10-23-22(25)28-15-21(26)24-11-9-17-7-8-19(27-2)13-18(17)14-24/h3-8,10,12-13H,9,11,14-15H2,1-2H3. The van der Waals surface area contributed by atoms with Gasteiger partial charge in [-0.15, -0.1) is 0 Å². The summed E-state index contributed by atoms with van der Waals surface area (Å²) < 4.78 is 7.36. The highest BCUT2D eigenvalue weighted by Crippen LogP contribution is 2.26. The maximum absolute atomic E-state index is 12.8. The third-order valence-corrected chi connectivity index (χ3v) is 6.04. The highest BCUT2D eigenvalue weighted by atomic mass is 32.2. The monoisotopic (exact) mass is 393 g/mol. The number of fused-ring (bicyclic) bond motifs is 1. The van der Waals surface area contributed by atoms with Crippen molar-refractivity contribution < 1.29 is 9.53 Å². The number of hydrogen-bond acceptors (Lipinski definition) is 4. The van der Waals surface area contributed by atoms with Crippen molar-refractivity contribution in [1.29, 1.82) is 0 Å². The molecular weight excluding hydrogens is 370 g/mol. The number of amides is 1. The number of benzene rings is 2. The van der Waals surface area contributed by atoms with E-state index in [4.69, 9.17) is 4.74 Å². The fraction of sp³-hybridized carbons (Fsp3) is 0.273. The van der Waals surface area contributed by atoms with E-state index in [0.717, 1.165) is 29.6 Å². The van der Waals surface area contributed by atoms with Crippen LogP contribution in [0.5, 0.6) is 5.75 Å². The zero-order valence-electron chi connectivity index (χ0n) is 16.1. The van der Waals surface area contributed by atoms with Crippen molar-refractivity contribution in [3.63, 3.8) is 0 Å². The van der Waals surface area contributed by atoms with Crippen molar-refractivity contribution in [3.8, 4) is 11.4 Å². The summed E-state index contributed by atoms with van der Waals surface area (Å²) in [5.74, 6) is 1.35. The molecule has 0 atom stereocenters. The van der Waals surface area contributed by atoms with E-state index in [1.54, 1.807) is 13.3 Å². The Balaban J connectivity index is 1.43. The van der Waals surface area contributed by atoms with Crippen LogP contribution in [0, 0.1) is 6.92 Å². The van der Waals surface area contributed by atoms with E-state index in [0.29, 0.717) is 12.3 Å². The van der Waals surface area contributed by atoms with Gasteiger partial charge in [-0.3, -0.25) is 9.36 Å². The van der Waals surface area contributed by atoms with Gasteiger partial charge in [-0.1, -0.05) is 36.0 Å². The van der Waals surface area contributed by atoms with Gasteiger partial charge < -0.3 is 9.64 Å². The molecule has 1 amide bonds. The van der Waals surface area contributed by atoms with E-state index >= 15 is 0 Å². The summed E-state index contributed by atoms with van der Waals surface area (Å²) in [6.45, 7) is 3.47. The second-order valence-electron chi connectivity index (χ2n) is 6.85. The summed E-state index contributed by atoms with van der Waals surface area (Å²) in [4.78, 5) is 19.2. The lowest BCUT2D eigenvalue weighted by Gasteiger charge is -2.29. The van der Waals surface area contributed by atoms with Gasteiger partial charge in [0.15, 0.2) is 5.16 Å². The number of carbonyl (C=O) groups is 1. The topological polar surface area (TPSA) is 47.4 Å². The number of rotatable bonds is 5. The van der Waals surface area contributed by atoms with Crippen molar-refractivity contribution in [1.82, 2.24) is 14.5 Å². The molecule has 5 nitrogen and oxygen atoms in total. The van der Waals surface area contributed by atoms with Crippen LogP contribution >= 0.6 is 11.8 Å². The van der Waals surface area contributed by atoms with Crippen LogP contribution in [0.1, 0.15) is 16.7 Å². The van der Waals surface area contributed by atoms with Gasteiger partial charge >= 0.3 is 0 Å². The summed E-state index contributed by atoms with van der Waals surface area (Å²) in [5.41, 5.74) is 4.74. The zero-order chi connectivity index (χ0) is 19.5. The molecule has 0 N–H and O–H groups in total. The molecule has 2 aromatic carbocycles. The number of carbonyl (C=O) groups excluding carboxylic acids is 1. The van der Waals surface area contributed by atoms with Crippen LogP contribution in [0.3, 0.4) is 0 Å². The minimum atomic E-state index is 0.137. The minimum absolute atomic E-state index is 0.137. The van der Waals surface area contributed by atoms with Crippen LogP contribution in [0.15, 0.2) is 60.0 Å². The van der Waals surface area contributed by atoms with Crippen LogP contribution < -0.4 is 4.74 Å². The molecular formula is C22H23N3O2S. The maximum atomic E-state index is 12.8. The Morgan fingerprint density at radius 2 is 2.07 bits per heavy atom. The molecule has 0 saturated carbocycles. The van der Waals surface area contributed by atoms with E-state index in [1.165, 1.54) is 28.5 Å². The Morgan fingerprint density at radius 1 is 1.21 bits per heavy atom. The van der Waals surface area contributed by atoms with Crippen molar-refractivity contribution >= 4 is 17.7 Å². The quantitative estimate of drug-likeness (QED) is 0.618. The molecule has 0 aliphatic carbocycles. The summed E-state index contributed by atoms with van der Waals surface area (Å²) in [6.07, 6.45) is 4.61. The molecule has 0 unspecified atom stereocenters. The Labute approximate surface area is 169 Å². The first kappa shape index (κ1) is 18.6. The first-order valence-electron chi connectivity index (χ1n) is 9.31. The van der Waals surface area contributed by atoms with E-state index in [-0.39, 0.29) is 5.91 Å². The Bertz CT molecular complexity index is 999. The highest BCUT2D eigenvalue weighted by molar-refractivity contribution is 7.99. The van der Waals surface area contributed by atoms with Gasteiger partial charge in [0, 0.05) is 25.5 Å². The number of nitrogens with zero attached hydrogens (tertiary/aromatic N) is 3. The SMILES string of the molecule is COc1ccc2c(c1)CN(C(=O)CSc1nccn1-c1ccccc1C)CC2. The third kappa shape index (κ3) is 3.78. The number of thioether (sulfide) groups is 1. The molecule has 0 fully saturated rings. The van der Waals surface area contributed by atoms with Crippen LogP contribution in [-0.4, -0.2) is 39.8 Å². The molecule has 0 bridgehead atoms. The predicted molar refractivity (Wildman–Crippen MR) is 111 cm³/mol. The largest absolute Gasteiger partial charge is 0.497 e. The van der Waals surface area contributed by atoms with E-state index in [9.17, 15) is 4.79 Å². The van der Waals surface area contributed by atoms with Crippen molar-refractivity contribution in [3.05, 3.63) is 71.5 Å². The van der Waals surface area contributed by atoms with Crippen molar-refractivity contribution in [2.75, 3.05) is 19.4 Å². The van der Waals surface area contributed by atoms with Gasteiger partial charge in [0.2, 0.25) is 5.91 Å². The molecule has 2 heterocycles. The Kier molecular flexibility index (Phi) is 5.39. The molecule has 28 heavy (non-hydrogen) atoms. The number of para-hydroxylation sites is 1. The summed E-state index contributed by atoms with van der Waals surface area (Å²) in [7, 11) is 1.67. The van der Waals surface area contributed by atoms with Gasteiger partial charge in [0.1, 0.15) is 5.75 Å². The van der Waals surface area contributed by atoms with E-state index in [1.807, 2.05) is 39.9 Å². The molecule has 1 aliphatic heterocycles. The molecule has 144 valence electrons. The zero-order valence-corrected chi connectivity index (χ0v) is 16.9. The van der Waals surface area contributed by atoms with Crippen molar-refractivity contribution in [2.45, 2.75) is 25.0 Å². The highest BCUT2D eigenvalue weighted by Gasteiger charge is 2.22. The lowest BCUT2D eigenvalue weighted by molar-refractivity contribution is -0.129. The Hall–Kier alpha value is -2.73. The molecule has 4 rings (SSSR count). The average molecular weight is 394 g/mol. The number of aryl methyl sites for hydroxylation is 1. The third-order valence-electron chi connectivity index (χ3n) is 5.08. The maximum Gasteiger partial charge on any atom is 0.233 e. The Morgan fingerprint density at radius 3 is 2.89 bits per heavy atom. The lowest BCUT2D eigenvalue weighted by Crippen LogP contribution is -2.37. The minimum Gasteiger partial charge on any atom is -0.497 e. The number of methoxy groups -OCH3 is 1. The average Bonchev–Trinajstić information content (AvgIpc) is 3.19. The van der Waals surface area contributed by atoms with Gasteiger partial charge in [-0.25, -0.2) is 4.98 Å². The summed E-state index contributed by atoms with van der Waals surface area (Å²) in [6, 6.07) is 14.3. The fourth-order valence-corrected chi connectivity index (χ4v) is 4.37. The van der Waals surface area contributed by atoms with E-state index < -0.39 is 0 Å². The van der Waals surface area contributed by atoms with Crippen LogP contribution in [0.25, 0.3) is 5.69 Å². The number of imidazole rings is 1. The van der Waals surface area contributed by atoms with Gasteiger partial charge in [0.05, 0.1) is 18.6 Å². The molecule has 0 radical (unpaired) electrons. The van der Waals surface area contributed by atoms with E-state index in [2.05, 4.69) is 30.1 Å². The number of aromatic nitrogens is 2. The number of hydrogen-bond donors (Lipinski definition) is 0.